The average Bonchev–Trinajstić information content (AvgIpc) is 3.00. The second-order valence-corrected chi connectivity index (χ2v) is 7.72. The lowest BCUT2D eigenvalue weighted by molar-refractivity contribution is -0.137. The van der Waals surface area contributed by atoms with E-state index < -0.39 is 0 Å². The van der Waals surface area contributed by atoms with Gasteiger partial charge in [-0.3, -0.25) is 9.59 Å². The largest absolute Gasteiger partial charge is 0.492 e. The minimum Gasteiger partial charge on any atom is -0.492 e. The fourth-order valence-electron chi connectivity index (χ4n) is 3.18. The number of carbonyl (C=O) groups is 2. The number of ether oxygens (including phenoxy) is 1. The minimum absolute atomic E-state index is 0.0793. The molecule has 2 atom stereocenters. The van der Waals surface area contributed by atoms with E-state index in [1.807, 2.05) is 31.2 Å². The number of fused-ring (bicyclic) bond motifs is 1. The van der Waals surface area contributed by atoms with E-state index in [4.69, 9.17) is 4.74 Å². The van der Waals surface area contributed by atoms with Gasteiger partial charge in [-0.25, -0.2) is 0 Å². The van der Waals surface area contributed by atoms with Crippen LogP contribution in [0.15, 0.2) is 24.3 Å². The van der Waals surface area contributed by atoms with E-state index in [-0.39, 0.29) is 22.7 Å². The summed E-state index contributed by atoms with van der Waals surface area (Å²) < 4.78 is 5.63. The van der Waals surface area contributed by atoms with Crippen LogP contribution in [0.5, 0.6) is 5.75 Å². The van der Waals surface area contributed by atoms with E-state index in [1.54, 1.807) is 16.7 Å². The zero-order chi connectivity index (χ0) is 16.4. The second kappa shape index (κ2) is 6.43. The van der Waals surface area contributed by atoms with Crippen LogP contribution < -0.4 is 10.1 Å². The highest BCUT2D eigenvalue weighted by molar-refractivity contribution is 8.01. The predicted octanol–water partition coefficient (Wildman–Crippen LogP) is 1.94. The van der Waals surface area contributed by atoms with Gasteiger partial charge in [0.1, 0.15) is 18.4 Å². The number of amides is 2. The zero-order valence-electron chi connectivity index (χ0n) is 13.5. The molecule has 3 rings (SSSR count). The number of nitrogens with zero attached hydrogens (tertiary/aromatic N) is 1. The van der Waals surface area contributed by atoms with E-state index in [9.17, 15) is 9.59 Å². The smallest absolute Gasteiger partial charge is 0.243 e. The van der Waals surface area contributed by atoms with Gasteiger partial charge < -0.3 is 15.0 Å². The van der Waals surface area contributed by atoms with Crippen LogP contribution in [-0.2, 0) is 9.59 Å². The summed E-state index contributed by atoms with van der Waals surface area (Å²) in [5.41, 5.74) is 1.14. The molecule has 2 saturated heterocycles. The first-order valence-electron chi connectivity index (χ1n) is 7.93. The van der Waals surface area contributed by atoms with Gasteiger partial charge in [-0.15, -0.1) is 11.8 Å². The summed E-state index contributed by atoms with van der Waals surface area (Å²) in [7, 11) is 0. The first-order valence-corrected chi connectivity index (χ1v) is 8.91. The highest BCUT2D eigenvalue weighted by Gasteiger charge is 2.52. The highest BCUT2D eigenvalue weighted by Crippen LogP contribution is 2.47. The molecule has 1 N–H and O–H groups in total. The lowest BCUT2D eigenvalue weighted by Gasteiger charge is -2.29. The van der Waals surface area contributed by atoms with Crippen molar-refractivity contribution in [3.63, 3.8) is 0 Å². The van der Waals surface area contributed by atoms with Crippen molar-refractivity contribution in [2.45, 2.75) is 37.6 Å². The van der Waals surface area contributed by atoms with Gasteiger partial charge in [0, 0.05) is 12.2 Å². The Morgan fingerprint density at radius 2 is 2.35 bits per heavy atom. The molecule has 23 heavy (non-hydrogen) atoms. The third kappa shape index (κ3) is 3.32. The van der Waals surface area contributed by atoms with Crippen LogP contribution in [0, 0.1) is 6.92 Å². The minimum atomic E-state index is -0.348. The first-order chi connectivity index (χ1) is 11.0. The lowest BCUT2D eigenvalue weighted by Crippen LogP contribution is -2.50. The van der Waals surface area contributed by atoms with Gasteiger partial charge in [-0.05, 0) is 38.0 Å². The SMILES string of the molecule is Cc1cccc(OCCNC(=O)C2CSC3(C)CCC(=O)N23)c1. The molecule has 0 aliphatic carbocycles. The number of benzene rings is 1. The van der Waals surface area contributed by atoms with Crippen molar-refractivity contribution in [2.24, 2.45) is 0 Å². The van der Waals surface area contributed by atoms with Crippen molar-refractivity contribution >= 4 is 23.6 Å². The number of hydrogen-bond acceptors (Lipinski definition) is 4. The molecule has 0 saturated carbocycles. The van der Waals surface area contributed by atoms with Gasteiger partial charge in [0.05, 0.1) is 11.4 Å². The molecule has 0 radical (unpaired) electrons. The van der Waals surface area contributed by atoms with Crippen LogP contribution in [0.3, 0.4) is 0 Å². The first kappa shape index (κ1) is 16.2. The Kier molecular flexibility index (Phi) is 4.53. The summed E-state index contributed by atoms with van der Waals surface area (Å²) in [5.74, 6) is 1.49. The van der Waals surface area contributed by atoms with E-state index in [0.717, 1.165) is 17.7 Å². The molecule has 0 spiro atoms. The van der Waals surface area contributed by atoms with Crippen LogP contribution in [0.1, 0.15) is 25.3 Å². The zero-order valence-corrected chi connectivity index (χ0v) is 14.3. The standard InChI is InChI=1S/C17H22N2O3S/c1-12-4-3-5-13(10-12)22-9-8-18-16(21)14-11-23-17(2)7-6-15(20)19(14)17/h3-5,10,14H,6-9,11H2,1-2H3,(H,18,21). The van der Waals surface area contributed by atoms with Crippen molar-refractivity contribution in [3.05, 3.63) is 29.8 Å². The molecule has 0 aromatic heterocycles. The van der Waals surface area contributed by atoms with Crippen molar-refractivity contribution in [1.82, 2.24) is 10.2 Å². The van der Waals surface area contributed by atoms with Crippen LogP contribution in [0.4, 0.5) is 0 Å². The van der Waals surface area contributed by atoms with Gasteiger partial charge in [-0.2, -0.15) is 0 Å². The number of rotatable bonds is 5. The molecule has 2 amide bonds. The topological polar surface area (TPSA) is 58.6 Å². The molecular weight excluding hydrogens is 312 g/mol. The van der Waals surface area contributed by atoms with Crippen LogP contribution >= 0.6 is 11.8 Å². The van der Waals surface area contributed by atoms with E-state index in [1.165, 1.54) is 0 Å². The van der Waals surface area contributed by atoms with Gasteiger partial charge >= 0.3 is 0 Å². The lowest BCUT2D eigenvalue weighted by atomic mass is 10.2. The van der Waals surface area contributed by atoms with Gasteiger partial charge in [0.15, 0.2) is 0 Å². The highest BCUT2D eigenvalue weighted by atomic mass is 32.2. The number of nitrogens with one attached hydrogen (secondary N) is 1. The molecule has 2 aliphatic heterocycles. The molecule has 2 heterocycles. The molecular formula is C17H22N2O3S. The predicted molar refractivity (Wildman–Crippen MR) is 90.4 cm³/mol. The Labute approximate surface area is 140 Å². The average molecular weight is 334 g/mol. The summed E-state index contributed by atoms with van der Waals surface area (Å²) in [6.07, 6.45) is 1.38. The second-order valence-electron chi connectivity index (χ2n) is 6.22. The monoisotopic (exact) mass is 334 g/mol. The van der Waals surface area contributed by atoms with Crippen molar-refractivity contribution < 1.29 is 14.3 Å². The van der Waals surface area contributed by atoms with Gasteiger partial charge in [0.2, 0.25) is 11.8 Å². The quantitative estimate of drug-likeness (QED) is 0.836. The molecule has 2 aliphatic rings. The van der Waals surface area contributed by atoms with E-state index in [0.29, 0.717) is 25.3 Å². The third-order valence-corrected chi connectivity index (χ3v) is 5.91. The maximum Gasteiger partial charge on any atom is 0.243 e. The van der Waals surface area contributed by atoms with Gasteiger partial charge in [0.25, 0.3) is 0 Å². The fourth-order valence-corrected chi connectivity index (χ4v) is 4.61. The van der Waals surface area contributed by atoms with Crippen molar-refractivity contribution in [1.29, 1.82) is 0 Å². The van der Waals surface area contributed by atoms with Crippen LogP contribution in [0.25, 0.3) is 0 Å². The molecule has 2 fully saturated rings. The molecule has 124 valence electrons. The van der Waals surface area contributed by atoms with Crippen LogP contribution in [-0.4, -0.2) is 46.5 Å². The summed E-state index contributed by atoms with van der Waals surface area (Å²) in [5, 5.41) is 2.89. The summed E-state index contributed by atoms with van der Waals surface area (Å²) >= 11 is 1.71. The number of hydrogen-bond donors (Lipinski definition) is 1. The van der Waals surface area contributed by atoms with Crippen molar-refractivity contribution in [2.75, 3.05) is 18.9 Å². The number of thioether (sulfide) groups is 1. The summed E-state index contributed by atoms with van der Waals surface area (Å²) in [6, 6.07) is 7.47. The number of aryl methyl sites for hydroxylation is 1. The third-order valence-electron chi connectivity index (χ3n) is 4.41. The number of carbonyl (C=O) groups excluding carboxylic acids is 2. The molecule has 0 bridgehead atoms. The maximum absolute atomic E-state index is 12.4. The Hall–Kier alpha value is -1.69. The maximum atomic E-state index is 12.4. The molecule has 5 nitrogen and oxygen atoms in total. The van der Waals surface area contributed by atoms with Crippen LogP contribution in [0.2, 0.25) is 0 Å². The summed E-state index contributed by atoms with van der Waals surface area (Å²) in [4.78, 5) is 26.0. The Morgan fingerprint density at radius 3 is 3.13 bits per heavy atom. The molecule has 1 aromatic carbocycles. The Balaban J connectivity index is 1.47. The normalized spacial score (nSPS) is 26.3. The van der Waals surface area contributed by atoms with E-state index in [2.05, 4.69) is 12.2 Å². The van der Waals surface area contributed by atoms with Crippen molar-refractivity contribution in [3.8, 4) is 5.75 Å². The molecule has 2 unspecified atom stereocenters. The fraction of sp³-hybridized carbons (Fsp3) is 0.529. The molecule has 1 aromatic rings. The van der Waals surface area contributed by atoms with E-state index >= 15 is 0 Å². The van der Waals surface area contributed by atoms with Gasteiger partial charge in [-0.1, -0.05) is 12.1 Å². The summed E-state index contributed by atoms with van der Waals surface area (Å²) in [6.45, 7) is 4.92. The Morgan fingerprint density at radius 1 is 1.52 bits per heavy atom. The Bertz CT molecular complexity index is 622. The molecule has 6 heteroatoms.